The van der Waals surface area contributed by atoms with Crippen LogP contribution < -0.4 is 16.0 Å². The average Bonchev–Trinajstić information content (AvgIpc) is 2.29. The van der Waals surface area contributed by atoms with Crippen LogP contribution in [0.5, 0.6) is 5.88 Å². The lowest BCUT2D eigenvalue weighted by molar-refractivity contribution is 0.233. The molecule has 0 amide bonds. The van der Waals surface area contributed by atoms with Crippen LogP contribution in [0.4, 0.5) is 5.82 Å². The number of nitrogens with two attached hydrogens (primary N) is 1. The Morgan fingerprint density at radius 3 is 2.50 bits per heavy atom. The average molecular weight is 218 g/mol. The molecule has 0 saturated heterocycles. The van der Waals surface area contributed by atoms with E-state index in [0.717, 1.165) is 10.8 Å². The lowest BCUT2D eigenvalue weighted by atomic mass is 10.2. The molecule has 3 N–H and O–H groups in total. The van der Waals surface area contributed by atoms with E-state index in [1.54, 1.807) is 0 Å². The number of nitrogen functional groups attached to an aromatic ring is 1. The highest BCUT2D eigenvalue weighted by Gasteiger charge is 2.09. The van der Waals surface area contributed by atoms with Crippen LogP contribution >= 0.6 is 0 Å². The van der Waals surface area contributed by atoms with Crippen LogP contribution in [0.25, 0.3) is 10.8 Å². The Hall–Kier alpha value is -1.88. The maximum Gasteiger partial charge on any atom is 0.241 e. The number of hydrogen-bond acceptors (Lipinski definition) is 5. The Morgan fingerprint density at radius 2 is 1.88 bits per heavy atom. The van der Waals surface area contributed by atoms with Gasteiger partial charge < -0.3 is 10.2 Å². The number of anilines is 1. The van der Waals surface area contributed by atoms with Crippen LogP contribution in [0.3, 0.4) is 0 Å². The molecule has 5 heteroatoms. The number of hydrogen-bond donors (Lipinski definition) is 2. The molecule has 0 saturated carbocycles. The van der Waals surface area contributed by atoms with E-state index in [-0.39, 0.29) is 6.10 Å². The molecule has 0 radical (unpaired) electrons. The van der Waals surface area contributed by atoms with Gasteiger partial charge in [-0.15, -0.1) is 10.2 Å². The number of ether oxygens (including phenoxy) is 1. The third-order valence-corrected chi connectivity index (χ3v) is 2.14. The Balaban J connectivity index is 2.60. The third kappa shape index (κ3) is 1.90. The monoisotopic (exact) mass is 218 g/mol. The smallest absolute Gasteiger partial charge is 0.241 e. The van der Waals surface area contributed by atoms with Crippen molar-refractivity contribution < 1.29 is 4.74 Å². The first kappa shape index (κ1) is 10.6. The number of rotatable bonds is 3. The van der Waals surface area contributed by atoms with Gasteiger partial charge in [0.1, 0.15) is 0 Å². The van der Waals surface area contributed by atoms with Gasteiger partial charge in [0.2, 0.25) is 5.88 Å². The molecule has 1 aromatic carbocycles. The molecule has 1 heterocycles. The van der Waals surface area contributed by atoms with Crippen molar-refractivity contribution in [1.29, 1.82) is 0 Å². The summed E-state index contributed by atoms with van der Waals surface area (Å²) in [6, 6.07) is 7.70. The second kappa shape index (κ2) is 4.32. The van der Waals surface area contributed by atoms with Gasteiger partial charge in [0.25, 0.3) is 0 Å². The van der Waals surface area contributed by atoms with Crippen molar-refractivity contribution in [2.45, 2.75) is 20.0 Å². The Kier molecular flexibility index (Phi) is 2.87. The minimum atomic E-state index is 0.0643. The van der Waals surface area contributed by atoms with E-state index in [1.165, 1.54) is 0 Å². The molecule has 0 aliphatic carbocycles. The summed E-state index contributed by atoms with van der Waals surface area (Å²) in [4.78, 5) is 0. The summed E-state index contributed by atoms with van der Waals surface area (Å²) >= 11 is 0. The fraction of sp³-hybridized carbons (Fsp3) is 0.273. The van der Waals surface area contributed by atoms with Gasteiger partial charge in [0.15, 0.2) is 5.82 Å². The zero-order valence-electron chi connectivity index (χ0n) is 9.27. The number of aromatic nitrogens is 2. The normalized spacial score (nSPS) is 10.8. The molecule has 84 valence electrons. The number of benzene rings is 1. The van der Waals surface area contributed by atoms with Gasteiger partial charge in [-0.1, -0.05) is 18.2 Å². The van der Waals surface area contributed by atoms with Gasteiger partial charge in [-0.05, 0) is 19.9 Å². The van der Waals surface area contributed by atoms with Crippen molar-refractivity contribution in [2.24, 2.45) is 5.84 Å². The van der Waals surface area contributed by atoms with Crippen molar-refractivity contribution >= 4 is 16.6 Å². The first-order chi connectivity index (χ1) is 7.72. The number of nitrogens with zero attached hydrogens (tertiary/aromatic N) is 2. The highest BCUT2D eigenvalue weighted by Crippen LogP contribution is 2.27. The Morgan fingerprint density at radius 1 is 1.19 bits per heavy atom. The van der Waals surface area contributed by atoms with E-state index in [9.17, 15) is 0 Å². The summed E-state index contributed by atoms with van der Waals surface area (Å²) in [5, 5.41) is 9.77. The molecular formula is C11H14N4O. The minimum absolute atomic E-state index is 0.0643. The second-order valence-electron chi connectivity index (χ2n) is 3.71. The predicted octanol–water partition coefficient (Wildman–Crippen LogP) is 1.70. The Labute approximate surface area is 93.6 Å². The zero-order chi connectivity index (χ0) is 11.5. The molecule has 0 fully saturated rings. The molecule has 0 aliphatic rings. The van der Waals surface area contributed by atoms with E-state index >= 15 is 0 Å². The maximum absolute atomic E-state index is 5.58. The first-order valence-corrected chi connectivity index (χ1v) is 5.11. The van der Waals surface area contributed by atoms with Crippen molar-refractivity contribution in [2.75, 3.05) is 5.43 Å². The molecule has 0 aliphatic heterocycles. The molecular weight excluding hydrogens is 204 g/mol. The van der Waals surface area contributed by atoms with Gasteiger partial charge in [-0.3, -0.25) is 0 Å². The van der Waals surface area contributed by atoms with Gasteiger partial charge in [-0.2, -0.15) is 0 Å². The quantitative estimate of drug-likeness (QED) is 0.606. The van der Waals surface area contributed by atoms with Crippen molar-refractivity contribution in [1.82, 2.24) is 10.2 Å². The van der Waals surface area contributed by atoms with E-state index in [4.69, 9.17) is 10.6 Å². The molecule has 0 atom stereocenters. The van der Waals surface area contributed by atoms with Crippen molar-refractivity contribution in [3.8, 4) is 5.88 Å². The fourth-order valence-electron chi connectivity index (χ4n) is 1.50. The van der Waals surface area contributed by atoms with Crippen LogP contribution in [0.1, 0.15) is 13.8 Å². The summed E-state index contributed by atoms with van der Waals surface area (Å²) in [5.74, 6) is 6.45. The summed E-state index contributed by atoms with van der Waals surface area (Å²) in [5.41, 5.74) is 2.52. The minimum Gasteiger partial charge on any atom is -0.473 e. The van der Waals surface area contributed by atoms with Crippen molar-refractivity contribution in [3.05, 3.63) is 24.3 Å². The standard InChI is InChI=1S/C11H14N4O/c1-7(2)16-11-9-6-4-3-5-8(9)10(13-12)14-15-11/h3-7H,12H2,1-2H3,(H,13,14). The highest BCUT2D eigenvalue weighted by atomic mass is 16.5. The van der Waals surface area contributed by atoms with Crippen LogP contribution in [-0.4, -0.2) is 16.3 Å². The molecule has 2 rings (SSSR count). The lowest BCUT2D eigenvalue weighted by Gasteiger charge is -2.11. The molecule has 16 heavy (non-hydrogen) atoms. The maximum atomic E-state index is 5.58. The lowest BCUT2D eigenvalue weighted by Crippen LogP contribution is -2.12. The van der Waals surface area contributed by atoms with E-state index < -0.39 is 0 Å². The summed E-state index contributed by atoms with van der Waals surface area (Å²) < 4.78 is 5.58. The van der Waals surface area contributed by atoms with Crippen molar-refractivity contribution in [3.63, 3.8) is 0 Å². The molecule has 1 aromatic heterocycles. The van der Waals surface area contributed by atoms with Crippen LogP contribution in [0.2, 0.25) is 0 Å². The second-order valence-corrected chi connectivity index (χ2v) is 3.71. The predicted molar refractivity (Wildman–Crippen MR) is 63.1 cm³/mol. The third-order valence-electron chi connectivity index (χ3n) is 2.14. The molecule has 2 aromatic rings. The number of fused-ring (bicyclic) bond motifs is 1. The topological polar surface area (TPSA) is 73.1 Å². The van der Waals surface area contributed by atoms with E-state index in [0.29, 0.717) is 11.7 Å². The van der Waals surface area contributed by atoms with E-state index in [2.05, 4.69) is 15.6 Å². The van der Waals surface area contributed by atoms with Crippen LogP contribution in [0.15, 0.2) is 24.3 Å². The molecule has 0 bridgehead atoms. The highest BCUT2D eigenvalue weighted by molar-refractivity contribution is 5.94. The SMILES string of the molecule is CC(C)Oc1nnc(NN)c2ccccc12. The fourth-order valence-corrected chi connectivity index (χ4v) is 1.50. The summed E-state index contributed by atoms with van der Waals surface area (Å²) in [6.07, 6.45) is 0.0643. The first-order valence-electron chi connectivity index (χ1n) is 5.11. The molecule has 0 unspecified atom stereocenters. The zero-order valence-corrected chi connectivity index (χ0v) is 9.27. The molecule has 5 nitrogen and oxygen atoms in total. The summed E-state index contributed by atoms with van der Waals surface area (Å²) in [6.45, 7) is 3.90. The van der Waals surface area contributed by atoms with Gasteiger partial charge >= 0.3 is 0 Å². The largest absolute Gasteiger partial charge is 0.473 e. The van der Waals surface area contributed by atoms with Gasteiger partial charge in [0, 0.05) is 10.8 Å². The molecule has 0 spiro atoms. The Bertz CT molecular complexity index is 498. The van der Waals surface area contributed by atoms with E-state index in [1.807, 2.05) is 38.1 Å². The van der Waals surface area contributed by atoms with Gasteiger partial charge in [0.05, 0.1) is 6.10 Å². The van der Waals surface area contributed by atoms with Gasteiger partial charge in [-0.25, -0.2) is 5.84 Å². The van der Waals surface area contributed by atoms with Crippen LogP contribution in [0, 0.1) is 0 Å². The number of nitrogens with one attached hydrogen (secondary N) is 1. The number of hydrazine groups is 1. The summed E-state index contributed by atoms with van der Waals surface area (Å²) in [7, 11) is 0. The van der Waals surface area contributed by atoms with Crippen LogP contribution in [-0.2, 0) is 0 Å².